The molecule has 1 fully saturated rings. The molecular weight excluding hydrogens is 392 g/mol. The Morgan fingerprint density at radius 1 is 1.18 bits per heavy atom. The van der Waals surface area contributed by atoms with Gasteiger partial charge in [-0.2, -0.15) is 0 Å². The number of benzene rings is 1. The molecule has 0 unspecified atom stereocenters. The molecule has 28 heavy (non-hydrogen) atoms. The summed E-state index contributed by atoms with van der Waals surface area (Å²) < 4.78 is 2.16. The summed E-state index contributed by atoms with van der Waals surface area (Å²) in [4.78, 5) is 14.6. The molecule has 2 aromatic rings. The predicted molar refractivity (Wildman–Crippen MR) is 116 cm³/mol. The van der Waals surface area contributed by atoms with Gasteiger partial charge in [0.25, 0.3) is 0 Å². The number of aromatic nitrogens is 3. The maximum atomic E-state index is 12.6. The van der Waals surface area contributed by atoms with Crippen LogP contribution in [-0.2, 0) is 11.3 Å². The first-order chi connectivity index (χ1) is 13.6. The Hall–Kier alpha value is -1.53. The van der Waals surface area contributed by atoms with Crippen molar-refractivity contribution in [2.24, 2.45) is 0 Å². The van der Waals surface area contributed by atoms with Gasteiger partial charge in [-0.3, -0.25) is 4.79 Å². The summed E-state index contributed by atoms with van der Waals surface area (Å²) in [6, 6.07) is 8.14. The topological polar surface area (TPSA) is 51.0 Å². The van der Waals surface area contributed by atoms with Crippen molar-refractivity contribution in [3.05, 3.63) is 29.3 Å². The zero-order valence-corrected chi connectivity index (χ0v) is 18.3. The number of nitrogens with zero attached hydrogens (tertiary/aromatic N) is 4. The van der Waals surface area contributed by atoms with E-state index in [1.807, 2.05) is 29.2 Å². The molecule has 1 aliphatic carbocycles. The van der Waals surface area contributed by atoms with Crippen LogP contribution in [-0.4, -0.2) is 43.9 Å². The molecular formula is C21H29ClN4OS. The highest BCUT2D eigenvalue weighted by atomic mass is 35.5. The lowest BCUT2D eigenvalue weighted by Gasteiger charge is -2.20. The minimum absolute atomic E-state index is 0.198. The van der Waals surface area contributed by atoms with Gasteiger partial charge < -0.3 is 9.47 Å². The molecule has 5 nitrogen and oxygen atoms in total. The van der Waals surface area contributed by atoms with Crippen LogP contribution in [0.4, 0.5) is 0 Å². The Bertz CT molecular complexity index is 773. The minimum Gasteiger partial charge on any atom is -0.339 e. The maximum Gasteiger partial charge on any atom is 0.233 e. The molecule has 0 bridgehead atoms. The first-order valence-corrected chi connectivity index (χ1v) is 11.6. The summed E-state index contributed by atoms with van der Waals surface area (Å²) in [6.45, 7) is 5.91. The fourth-order valence-electron chi connectivity index (χ4n) is 3.34. The van der Waals surface area contributed by atoms with Gasteiger partial charge in [0.1, 0.15) is 0 Å². The third-order valence-electron chi connectivity index (χ3n) is 5.03. The maximum absolute atomic E-state index is 12.6. The van der Waals surface area contributed by atoms with Crippen LogP contribution in [0.25, 0.3) is 11.4 Å². The van der Waals surface area contributed by atoms with Crippen LogP contribution in [0.3, 0.4) is 0 Å². The summed E-state index contributed by atoms with van der Waals surface area (Å²) >= 11 is 7.53. The standard InChI is InChI=1S/C21H29ClN4OS/c1-3-5-6-7-14-26-20(16-8-10-17(22)11-9-16)23-24-21(26)28-15-19(27)25(4-2)18-12-13-18/h8-11,18H,3-7,12-15H2,1-2H3. The van der Waals surface area contributed by atoms with E-state index in [1.165, 1.54) is 31.0 Å². The van der Waals surface area contributed by atoms with Gasteiger partial charge in [0.05, 0.1) is 5.75 Å². The van der Waals surface area contributed by atoms with Gasteiger partial charge in [-0.15, -0.1) is 10.2 Å². The van der Waals surface area contributed by atoms with Gasteiger partial charge in [-0.05, 0) is 50.5 Å². The molecule has 0 N–H and O–H groups in total. The summed E-state index contributed by atoms with van der Waals surface area (Å²) in [7, 11) is 0. The smallest absolute Gasteiger partial charge is 0.233 e. The molecule has 1 saturated carbocycles. The second-order valence-electron chi connectivity index (χ2n) is 7.22. The molecule has 1 aromatic heterocycles. The first-order valence-electron chi connectivity index (χ1n) is 10.3. The summed E-state index contributed by atoms with van der Waals surface area (Å²) in [6.07, 6.45) is 6.97. The van der Waals surface area contributed by atoms with Crippen molar-refractivity contribution in [1.82, 2.24) is 19.7 Å². The van der Waals surface area contributed by atoms with Crippen LogP contribution in [0.2, 0.25) is 5.02 Å². The first kappa shape index (κ1) is 21.2. The summed E-state index contributed by atoms with van der Waals surface area (Å²) in [5.41, 5.74) is 0.999. The van der Waals surface area contributed by atoms with Crippen molar-refractivity contribution < 1.29 is 4.79 Å². The van der Waals surface area contributed by atoms with Crippen LogP contribution in [0.1, 0.15) is 52.4 Å². The van der Waals surface area contributed by atoms with Gasteiger partial charge >= 0.3 is 0 Å². The summed E-state index contributed by atoms with van der Waals surface area (Å²) in [5, 5.41) is 10.4. The van der Waals surface area contributed by atoms with E-state index in [4.69, 9.17) is 11.6 Å². The van der Waals surface area contributed by atoms with E-state index in [1.54, 1.807) is 0 Å². The monoisotopic (exact) mass is 420 g/mol. The number of carbonyl (C=O) groups is 1. The van der Waals surface area contributed by atoms with E-state index in [-0.39, 0.29) is 5.91 Å². The fraction of sp³-hybridized carbons (Fsp3) is 0.571. The molecule has 1 aliphatic rings. The highest BCUT2D eigenvalue weighted by Crippen LogP contribution is 2.29. The molecule has 0 radical (unpaired) electrons. The van der Waals surface area contributed by atoms with Crippen molar-refractivity contribution in [1.29, 1.82) is 0 Å². The predicted octanol–water partition coefficient (Wildman–Crippen LogP) is 5.28. The normalized spacial score (nSPS) is 13.7. The van der Waals surface area contributed by atoms with Crippen LogP contribution in [0.15, 0.2) is 29.4 Å². The van der Waals surface area contributed by atoms with Crippen LogP contribution < -0.4 is 0 Å². The molecule has 0 aliphatic heterocycles. The van der Waals surface area contributed by atoms with Crippen molar-refractivity contribution in [2.45, 2.75) is 70.1 Å². The lowest BCUT2D eigenvalue weighted by Crippen LogP contribution is -2.34. The Labute approximate surface area is 176 Å². The molecule has 3 rings (SSSR count). The highest BCUT2D eigenvalue weighted by molar-refractivity contribution is 7.99. The SMILES string of the molecule is CCCCCCn1c(SCC(=O)N(CC)C2CC2)nnc1-c1ccc(Cl)cc1. The van der Waals surface area contributed by atoms with Gasteiger partial charge in [0.2, 0.25) is 5.91 Å². The number of thioether (sulfide) groups is 1. The Kier molecular flexibility index (Phi) is 7.80. The lowest BCUT2D eigenvalue weighted by molar-refractivity contribution is -0.128. The van der Waals surface area contributed by atoms with Crippen LogP contribution >= 0.6 is 23.4 Å². The van der Waals surface area contributed by atoms with Crippen molar-refractivity contribution >= 4 is 29.3 Å². The minimum atomic E-state index is 0.198. The Balaban J connectivity index is 1.73. The van der Waals surface area contributed by atoms with Gasteiger partial charge in [0.15, 0.2) is 11.0 Å². The van der Waals surface area contributed by atoms with E-state index < -0.39 is 0 Å². The quantitative estimate of drug-likeness (QED) is 0.366. The molecule has 1 amide bonds. The molecule has 152 valence electrons. The van der Waals surface area contributed by atoms with Gasteiger partial charge in [-0.1, -0.05) is 49.5 Å². The van der Waals surface area contributed by atoms with E-state index >= 15 is 0 Å². The number of hydrogen-bond donors (Lipinski definition) is 0. The fourth-order valence-corrected chi connectivity index (χ4v) is 4.32. The van der Waals surface area contributed by atoms with E-state index in [9.17, 15) is 4.79 Å². The molecule has 1 aromatic carbocycles. The number of halogens is 1. The van der Waals surface area contributed by atoms with E-state index in [0.29, 0.717) is 16.8 Å². The summed E-state index contributed by atoms with van der Waals surface area (Å²) in [5.74, 6) is 1.46. The molecule has 7 heteroatoms. The third kappa shape index (κ3) is 5.51. The van der Waals surface area contributed by atoms with Crippen molar-refractivity contribution in [3.8, 4) is 11.4 Å². The number of rotatable bonds is 11. The largest absolute Gasteiger partial charge is 0.339 e. The third-order valence-corrected chi connectivity index (χ3v) is 6.23. The van der Waals surface area contributed by atoms with Gasteiger partial charge in [0, 0.05) is 29.7 Å². The van der Waals surface area contributed by atoms with E-state index in [2.05, 4.69) is 28.6 Å². The average Bonchev–Trinajstić information content (AvgIpc) is 3.45. The Morgan fingerprint density at radius 3 is 2.57 bits per heavy atom. The molecule has 0 saturated heterocycles. The molecule has 0 atom stereocenters. The van der Waals surface area contributed by atoms with Gasteiger partial charge in [-0.25, -0.2) is 0 Å². The number of unbranched alkanes of at least 4 members (excludes halogenated alkanes) is 3. The zero-order chi connectivity index (χ0) is 19.9. The van der Waals surface area contributed by atoms with Crippen LogP contribution in [0.5, 0.6) is 0 Å². The van der Waals surface area contributed by atoms with Crippen molar-refractivity contribution in [2.75, 3.05) is 12.3 Å². The number of hydrogen-bond acceptors (Lipinski definition) is 4. The van der Waals surface area contributed by atoms with Crippen molar-refractivity contribution in [3.63, 3.8) is 0 Å². The Morgan fingerprint density at radius 2 is 1.93 bits per heavy atom. The molecule has 0 spiro atoms. The number of amides is 1. The zero-order valence-electron chi connectivity index (χ0n) is 16.7. The highest BCUT2D eigenvalue weighted by Gasteiger charge is 2.31. The van der Waals surface area contributed by atoms with E-state index in [0.717, 1.165) is 48.9 Å². The molecule has 1 heterocycles. The lowest BCUT2D eigenvalue weighted by atomic mass is 10.2. The number of carbonyl (C=O) groups excluding carboxylic acids is 1. The van der Waals surface area contributed by atoms with Crippen LogP contribution in [0, 0.1) is 0 Å². The average molecular weight is 421 g/mol. The second-order valence-corrected chi connectivity index (χ2v) is 8.60. The second kappa shape index (κ2) is 10.3.